The maximum absolute atomic E-state index is 6.21. The first-order chi connectivity index (χ1) is 9.46. The van der Waals surface area contributed by atoms with Gasteiger partial charge in [-0.25, -0.2) is 0 Å². The van der Waals surface area contributed by atoms with E-state index in [1.165, 1.54) is 5.56 Å². The predicted molar refractivity (Wildman–Crippen MR) is 88.3 cm³/mol. The van der Waals surface area contributed by atoms with E-state index in [0.29, 0.717) is 10.7 Å². The smallest absolute Gasteiger partial charge is 0.0658 e. The number of nitrogens with one attached hydrogen (secondary N) is 1. The molecule has 0 spiro atoms. The lowest BCUT2D eigenvalue weighted by Crippen LogP contribution is -2.31. The van der Waals surface area contributed by atoms with Crippen LogP contribution in [0.2, 0.25) is 5.02 Å². The zero-order valence-corrected chi connectivity index (χ0v) is 12.7. The Morgan fingerprint density at radius 3 is 2.45 bits per heavy atom. The predicted octanol–water partition coefficient (Wildman–Crippen LogP) is 4.75. The largest absolute Gasteiger partial charge is 0.399 e. The molecule has 0 atom stereocenters. The van der Waals surface area contributed by atoms with Crippen LogP contribution >= 0.6 is 11.6 Å². The number of nitrogens with two attached hydrogens (primary N) is 1. The maximum atomic E-state index is 6.21. The second kappa shape index (κ2) is 6.19. The molecule has 0 radical (unpaired) electrons. The normalized spacial score (nSPS) is 11.3. The molecule has 2 aromatic rings. The molecule has 2 nitrogen and oxygen atoms in total. The summed E-state index contributed by atoms with van der Waals surface area (Å²) in [5.41, 5.74) is 8.65. The second-order valence-electron chi connectivity index (χ2n) is 5.73. The van der Waals surface area contributed by atoms with Crippen LogP contribution in [0, 0.1) is 0 Å². The van der Waals surface area contributed by atoms with Crippen LogP contribution in [0.4, 0.5) is 11.4 Å². The van der Waals surface area contributed by atoms with Crippen molar-refractivity contribution >= 4 is 23.0 Å². The molecule has 0 aromatic heterocycles. The van der Waals surface area contributed by atoms with E-state index in [9.17, 15) is 0 Å². The van der Waals surface area contributed by atoms with Crippen LogP contribution in [0.3, 0.4) is 0 Å². The molecule has 0 aliphatic carbocycles. The highest BCUT2D eigenvalue weighted by molar-refractivity contribution is 6.33. The fourth-order valence-electron chi connectivity index (χ4n) is 2.16. The van der Waals surface area contributed by atoms with Gasteiger partial charge in [0, 0.05) is 11.2 Å². The standard InChI is InChI=1S/C17H21ClN2/c1-17(2,11-10-13-6-4-3-5-7-13)20-16-9-8-14(19)12-15(16)18/h3-9,12,20H,10-11,19H2,1-2H3. The molecule has 0 heterocycles. The summed E-state index contributed by atoms with van der Waals surface area (Å²) in [6.45, 7) is 4.37. The molecule has 106 valence electrons. The van der Waals surface area contributed by atoms with Gasteiger partial charge in [0.15, 0.2) is 0 Å². The maximum Gasteiger partial charge on any atom is 0.0658 e. The Hall–Kier alpha value is -1.67. The second-order valence-corrected chi connectivity index (χ2v) is 6.14. The fraction of sp³-hybridized carbons (Fsp3) is 0.294. The molecule has 0 bridgehead atoms. The van der Waals surface area contributed by atoms with Crippen molar-refractivity contribution in [2.45, 2.75) is 32.2 Å². The van der Waals surface area contributed by atoms with Gasteiger partial charge in [0.2, 0.25) is 0 Å². The molecule has 2 rings (SSSR count). The Bertz CT molecular complexity index is 564. The van der Waals surface area contributed by atoms with E-state index < -0.39 is 0 Å². The molecule has 0 aliphatic rings. The quantitative estimate of drug-likeness (QED) is 0.780. The Morgan fingerprint density at radius 1 is 1.10 bits per heavy atom. The number of anilines is 2. The monoisotopic (exact) mass is 288 g/mol. The number of aryl methyl sites for hydroxylation is 1. The molecule has 0 saturated heterocycles. The van der Waals surface area contributed by atoms with E-state index in [2.05, 4.69) is 43.4 Å². The van der Waals surface area contributed by atoms with Gasteiger partial charge in [0.1, 0.15) is 0 Å². The number of benzene rings is 2. The van der Waals surface area contributed by atoms with Crippen LogP contribution in [-0.2, 0) is 6.42 Å². The Kier molecular flexibility index (Phi) is 4.56. The van der Waals surface area contributed by atoms with Crippen LogP contribution in [-0.4, -0.2) is 5.54 Å². The van der Waals surface area contributed by atoms with Crippen LogP contribution in [0.1, 0.15) is 25.8 Å². The molecule has 2 aromatic carbocycles. The van der Waals surface area contributed by atoms with Gasteiger partial charge in [-0.05, 0) is 50.5 Å². The number of nitrogen functional groups attached to an aromatic ring is 1. The van der Waals surface area contributed by atoms with Crippen LogP contribution in [0.5, 0.6) is 0 Å². The zero-order valence-electron chi connectivity index (χ0n) is 12.0. The minimum Gasteiger partial charge on any atom is -0.399 e. The van der Waals surface area contributed by atoms with Gasteiger partial charge in [-0.15, -0.1) is 0 Å². The summed E-state index contributed by atoms with van der Waals surface area (Å²) in [5, 5.41) is 4.16. The lowest BCUT2D eigenvalue weighted by molar-refractivity contribution is 0.519. The molecule has 0 aliphatic heterocycles. The summed E-state index contributed by atoms with van der Waals surface area (Å²) in [6, 6.07) is 16.1. The third-order valence-corrected chi connectivity index (χ3v) is 3.66. The molecular formula is C17H21ClN2. The highest BCUT2D eigenvalue weighted by atomic mass is 35.5. The SMILES string of the molecule is CC(C)(CCc1ccccc1)Nc1ccc(N)cc1Cl. The average molecular weight is 289 g/mol. The van der Waals surface area contributed by atoms with Crippen molar-refractivity contribution < 1.29 is 0 Å². The van der Waals surface area contributed by atoms with Gasteiger partial charge >= 0.3 is 0 Å². The van der Waals surface area contributed by atoms with Crippen molar-refractivity contribution in [3.8, 4) is 0 Å². The summed E-state index contributed by atoms with van der Waals surface area (Å²) in [4.78, 5) is 0. The number of hydrogen-bond donors (Lipinski definition) is 2. The van der Waals surface area contributed by atoms with Gasteiger partial charge < -0.3 is 11.1 Å². The lowest BCUT2D eigenvalue weighted by Gasteiger charge is -2.28. The van der Waals surface area contributed by atoms with Crippen molar-refractivity contribution in [2.24, 2.45) is 0 Å². The van der Waals surface area contributed by atoms with E-state index in [0.717, 1.165) is 18.5 Å². The van der Waals surface area contributed by atoms with Gasteiger partial charge in [-0.3, -0.25) is 0 Å². The van der Waals surface area contributed by atoms with Crippen molar-refractivity contribution in [1.82, 2.24) is 0 Å². The minimum absolute atomic E-state index is 0.0321. The molecule has 0 unspecified atom stereocenters. The van der Waals surface area contributed by atoms with Crippen molar-refractivity contribution in [2.75, 3.05) is 11.1 Å². The minimum atomic E-state index is -0.0321. The number of rotatable bonds is 5. The average Bonchev–Trinajstić information content (AvgIpc) is 2.41. The van der Waals surface area contributed by atoms with E-state index in [4.69, 9.17) is 17.3 Å². The van der Waals surface area contributed by atoms with Gasteiger partial charge in [-0.2, -0.15) is 0 Å². The summed E-state index contributed by atoms with van der Waals surface area (Å²) >= 11 is 6.21. The van der Waals surface area contributed by atoms with E-state index in [-0.39, 0.29) is 5.54 Å². The first-order valence-electron chi connectivity index (χ1n) is 6.83. The molecule has 20 heavy (non-hydrogen) atoms. The van der Waals surface area contributed by atoms with Crippen molar-refractivity contribution in [3.63, 3.8) is 0 Å². The zero-order chi connectivity index (χ0) is 14.6. The highest BCUT2D eigenvalue weighted by Gasteiger charge is 2.18. The first-order valence-corrected chi connectivity index (χ1v) is 7.21. The Labute approximate surface area is 126 Å². The fourth-order valence-corrected chi connectivity index (χ4v) is 2.40. The summed E-state index contributed by atoms with van der Waals surface area (Å²) in [5.74, 6) is 0. The molecule has 0 fully saturated rings. The van der Waals surface area contributed by atoms with E-state index in [1.807, 2.05) is 18.2 Å². The third-order valence-electron chi connectivity index (χ3n) is 3.35. The van der Waals surface area contributed by atoms with Crippen LogP contribution in [0.15, 0.2) is 48.5 Å². The van der Waals surface area contributed by atoms with Gasteiger partial charge in [0.25, 0.3) is 0 Å². The van der Waals surface area contributed by atoms with Gasteiger partial charge in [0.05, 0.1) is 10.7 Å². The molecule has 3 heteroatoms. The van der Waals surface area contributed by atoms with E-state index >= 15 is 0 Å². The molecular weight excluding hydrogens is 268 g/mol. The molecule has 0 saturated carbocycles. The summed E-state index contributed by atoms with van der Waals surface area (Å²) in [7, 11) is 0. The molecule has 3 N–H and O–H groups in total. The van der Waals surface area contributed by atoms with Crippen molar-refractivity contribution in [1.29, 1.82) is 0 Å². The molecule has 0 amide bonds. The summed E-state index contributed by atoms with van der Waals surface area (Å²) in [6.07, 6.45) is 2.06. The van der Waals surface area contributed by atoms with Crippen LogP contribution < -0.4 is 11.1 Å². The Balaban J connectivity index is 2.00. The van der Waals surface area contributed by atoms with Crippen LogP contribution in [0.25, 0.3) is 0 Å². The third kappa shape index (κ3) is 4.17. The van der Waals surface area contributed by atoms with E-state index in [1.54, 1.807) is 6.07 Å². The topological polar surface area (TPSA) is 38.0 Å². The number of halogens is 1. The number of hydrogen-bond acceptors (Lipinski definition) is 2. The summed E-state index contributed by atoms with van der Waals surface area (Å²) < 4.78 is 0. The highest BCUT2D eigenvalue weighted by Crippen LogP contribution is 2.28. The first kappa shape index (κ1) is 14.7. The van der Waals surface area contributed by atoms with Crippen molar-refractivity contribution in [3.05, 3.63) is 59.1 Å². The lowest BCUT2D eigenvalue weighted by atomic mass is 9.95. The van der Waals surface area contributed by atoms with Gasteiger partial charge in [-0.1, -0.05) is 41.9 Å². The Morgan fingerprint density at radius 2 is 1.80 bits per heavy atom.